The number of rotatable bonds is 6. The highest BCUT2D eigenvalue weighted by molar-refractivity contribution is 7.99. The Bertz CT molecular complexity index is 1140. The number of aryl methyl sites for hydroxylation is 1. The van der Waals surface area contributed by atoms with Crippen LogP contribution in [0.25, 0.3) is 10.2 Å². The van der Waals surface area contributed by atoms with E-state index in [9.17, 15) is 4.79 Å². The summed E-state index contributed by atoms with van der Waals surface area (Å²) < 4.78 is 1.10. The molecule has 4 rings (SSSR count). The van der Waals surface area contributed by atoms with Gasteiger partial charge in [0.25, 0.3) is 5.91 Å². The van der Waals surface area contributed by atoms with Crippen molar-refractivity contribution in [2.75, 3.05) is 10.7 Å². The second-order valence-corrected chi connectivity index (χ2v) is 9.10. The molecule has 0 saturated heterocycles. The zero-order valence-electron chi connectivity index (χ0n) is 16.5. The summed E-state index contributed by atoms with van der Waals surface area (Å²) in [6.45, 7) is 4.66. The monoisotopic (exact) mass is 418 g/mol. The number of carbonyl (C=O) groups excluding carboxylic acids is 1. The van der Waals surface area contributed by atoms with Crippen molar-refractivity contribution >= 4 is 44.4 Å². The Balaban J connectivity index is 1.76. The van der Waals surface area contributed by atoms with Crippen molar-refractivity contribution in [1.82, 2.24) is 4.98 Å². The topological polar surface area (TPSA) is 33.2 Å². The quantitative estimate of drug-likeness (QED) is 0.332. The first kappa shape index (κ1) is 19.7. The lowest BCUT2D eigenvalue weighted by molar-refractivity contribution is 0.0985. The molecule has 1 heterocycles. The van der Waals surface area contributed by atoms with E-state index in [1.165, 1.54) is 0 Å². The number of amides is 1. The van der Waals surface area contributed by atoms with Gasteiger partial charge in [-0.05, 0) is 48.1 Å². The van der Waals surface area contributed by atoms with Crippen molar-refractivity contribution in [3.8, 4) is 0 Å². The Kier molecular flexibility index (Phi) is 5.97. The summed E-state index contributed by atoms with van der Waals surface area (Å²) in [6, 6.07) is 24.1. The lowest BCUT2D eigenvalue weighted by atomic mass is 10.1. The molecule has 3 aromatic carbocycles. The number of hydrogen-bond donors (Lipinski definition) is 0. The highest BCUT2D eigenvalue weighted by atomic mass is 32.2. The Hall–Kier alpha value is -2.63. The van der Waals surface area contributed by atoms with Gasteiger partial charge in [0.2, 0.25) is 0 Å². The molecule has 0 atom stereocenters. The second-order valence-electron chi connectivity index (χ2n) is 6.76. The Morgan fingerprint density at radius 2 is 1.83 bits per heavy atom. The van der Waals surface area contributed by atoms with Crippen molar-refractivity contribution < 1.29 is 4.79 Å². The third-order valence-electron chi connectivity index (χ3n) is 4.66. The summed E-state index contributed by atoms with van der Waals surface area (Å²) in [6.07, 6.45) is 0. The minimum absolute atomic E-state index is 0.0240. The van der Waals surface area contributed by atoms with Crippen LogP contribution in [0.5, 0.6) is 0 Å². The maximum absolute atomic E-state index is 13.6. The summed E-state index contributed by atoms with van der Waals surface area (Å²) in [5.41, 5.74) is 3.86. The van der Waals surface area contributed by atoms with Crippen LogP contribution in [0.2, 0.25) is 0 Å². The summed E-state index contributed by atoms with van der Waals surface area (Å²) in [4.78, 5) is 21.3. The SMILES string of the molecule is CCSc1cccc(C(=O)N(Cc2ccccc2)c2nc3c(C)cccc3s2)c1. The predicted octanol–water partition coefficient (Wildman–Crippen LogP) is 6.56. The van der Waals surface area contributed by atoms with Crippen LogP contribution in [-0.2, 0) is 6.54 Å². The molecular formula is C24H22N2OS2. The van der Waals surface area contributed by atoms with Crippen molar-refractivity contribution in [2.45, 2.75) is 25.3 Å². The van der Waals surface area contributed by atoms with E-state index in [2.05, 4.69) is 26.0 Å². The number of thioether (sulfide) groups is 1. The fourth-order valence-electron chi connectivity index (χ4n) is 3.22. The van der Waals surface area contributed by atoms with Crippen LogP contribution in [-0.4, -0.2) is 16.6 Å². The Morgan fingerprint density at radius 1 is 1.03 bits per heavy atom. The van der Waals surface area contributed by atoms with Gasteiger partial charge in [0.05, 0.1) is 16.8 Å². The average Bonchev–Trinajstić information content (AvgIpc) is 3.18. The number of hydrogen-bond acceptors (Lipinski definition) is 4. The van der Waals surface area contributed by atoms with E-state index in [0.717, 1.165) is 37.1 Å². The highest BCUT2D eigenvalue weighted by Gasteiger charge is 2.22. The van der Waals surface area contributed by atoms with Gasteiger partial charge < -0.3 is 0 Å². The maximum Gasteiger partial charge on any atom is 0.260 e. The fourth-order valence-corrected chi connectivity index (χ4v) is 4.98. The van der Waals surface area contributed by atoms with Gasteiger partial charge in [-0.3, -0.25) is 9.69 Å². The van der Waals surface area contributed by atoms with Crippen molar-refractivity contribution in [3.63, 3.8) is 0 Å². The Morgan fingerprint density at radius 3 is 2.59 bits per heavy atom. The summed E-state index contributed by atoms with van der Waals surface area (Å²) >= 11 is 3.31. The molecule has 1 aromatic heterocycles. The highest BCUT2D eigenvalue weighted by Crippen LogP contribution is 2.32. The molecule has 0 bridgehead atoms. The molecule has 0 fully saturated rings. The van der Waals surface area contributed by atoms with Gasteiger partial charge in [0.15, 0.2) is 5.13 Å². The molecular weight excluding hydrogens is 396 g/mol. The van der Waals surface area contributed by atoms with E-state index in [4.69, 9.17) is 4.98 Å². The molecule has 0 aliphatic carbocycles. The fraction of sp³-hybridized carbons (Fsp3) is 0.167. The first-order valence-electron chi connectivity index (χ1n) is 9.60. The molecule has 146 valence electrons. The van der Waals surface area contributed by atoms with Gasteiger partial charge in [-0.25, -0.2) is 4.98 Å². The second kappa shape index (κ2) is 8.80. The van der Waals surface area contributed by atoms with Gasteiger partial charge in [-0.1, -0.05) is 66.8 Å². The summed E-state index contributed by atoms with van der Waals surface area (Å²) in [5, 5.41) is 0.733. The normalized spacial score (nSPS) is 11.0. The van der Waals surface area contributed by atoms with Gasteiger partial charge in [-0.15, -0.1) is 11.8 Å². The first-order chi connectivity index (χ1) is 14.2. The van der Waals surface area contributed by atoms with E-state index in [1.54, 1.807) is 28.0 Å². The van der Waals surface area contributed by atoms with Crippen molar-refractivity contribution in [3.05, 3.63) is 89.5 Å². The first-order valence-corrected chi connectivity index (χ1v) is 11.4. The van der Waals surface area contributed by atoms with Crippen LogP contribution in [0.1, 0.15) is 28.4 Å². The number of benzene rings is 3. The lowest BCUT2D eigenvalue weighted by Crippen LogP contribution is -2.30. The molecule has 0 unspecified atom stereocenters. The van der Waals surface area contributed by atoms with E-state index in [1.807, 2.05) is 60.7 Å². The summed E-state index contributed by atoms with van der Waals surface area (Å²) in [7, 11) is 0. The smallest absolute Gasteiger partial charge is 0.260 e. The van der Waals surface area contributed by atoms with E-state index < -0.39 is 0 Å². The summed E-state index contributed by atoms with van der Waals surface area (Å²) in [5.74, 6) is 0.951. The van der Waals surface area contributed by atoms with Crippen LogP contribution in [0.15, 0.2) is 77.7 Å². The van der Waals surface area contributed by atoms with Crippen LogP contribution >= 0.6 is 23.1 Å². The number of anilines is 1. The number of carbonyl (C=O) groups is 1. The van der Waals surface area contributed by atoms with Crippen LogP contribution in [0, 0.1) is 6.92 Å². The van der Waals surface area contributed by atoms with Crippen LogP contribution in [0.3, 0.4) is 0 Å². The maximum atomic E-state index is 13.6. The average molecular weight is 419 g/mol. The molecule has 1 amide bonds. The molecule has 0 saturated carbocycles. The van der Waals surface area contributed by atoms with Crippen molar-refractivity contribution in [2.24, 2.45) is 0 Å². The van der Waals surface area contributed by atoms with Crippen molar-refractivity contribution in [1.29, 1.82) is 0 Å². The third kappa shape index (κ3) is 4.36. The molecule has 29 heavy (non-hydrogen) atoms. The van der Waals surface area contributed by atoms with Gasteiger partial charge in [-0.2, -0.15) is 0 Å². The zero-order chi connectivity index (χ0) is 20.2. The van der Waals surface area contributed by atoms with Crippen LogP contribution in [0.4, 0.5) is 5.13 Å². The minimum atomic E-state index is -0.0240. The van der Waals surface area contributed by atoms with E-state index in [-0.39, 0.29) is 5.91 Å². The zero-order valence-corrected chi connectivity index (χ0v) is 18.1. The molecule has 3 nitrogen and oxygen atoms in total. The van der Waals surface area contributed by atoms with Gasteiger partial charge in [0, 0.05) is 10.5 Å². The number of para-hydroxylation sites is 1. The molecule has 5 heteroatoms. The van der Waals surface area contributed by atoms with Gasteiger partial charge in [0.1, 0.15) is 0 Å². The number of thiazole rings is 1. The lowest BCUT2D eigenvalue weighted by Gasteiger charge is -2.20. The number of aromatic nitrogens is 1. The van der Waals surface area contributed by atoms with E-state index >= 15 is 0 Å². The number of fused-ring (bicyclic) bond motifs is 1. The molecule has 0 aliphatic rings. The molecule has 0 aliphatic heterocycles. The molecule has 4 aromatic rings. The van der Waals surface area contributed by atoms with E-state index in [0.29, 0.717) is 12.1 Å². The Labute approximate surface area is 179 Å². The largest absolute Gasteiger partial charge is 0.279 e. The molecule has 0 radical (unpaired) electrons. The third-order valence-corrected chi connectivity index (χ3v) is 6.58. The minimum Gasteiger partial charge on any atom is -0.279 e. The standard InChI is InChI=1S/C24H22N2OS2/c1-3-28-20-13-8-12-19(15-20)23(27)26(16-18-10-5-4-6-11-18)24-25-22-17(2)9-7-14-21(22)29-24/h4-15H,3,16H2,1-2H3. The number of nitrogens with zero attached hydrogens (tertiary/aromatic N) is 2. The van der Waals surface area contributed by atoms with Gasteiger partial charge >= 0.3 is 0 Å². The molecule has 0 spiro atoms. The predicted molar refractivity (Wildman–Crippen MR) is 124 cm³/mol. The molecule has 0 N–H and O–H groups in total. The van der Waals surface area contributed by atoms with Crippen LogP contribution < -0.4 is 4.90 Å².